The molecule has 3 rings (SSSR count). The van der Waals surface area contributed by atoms with E-state index in [9.17, 15) is 0 Å². The SMILES string of the molecule is C=CC1(C)CC=C2C(CCC3C(C)(C)CCCC23C)C1. The molecule has 3 aliphatic carbocycles. The fourth-order valence-electron chi connectivity index (χ4n) is 5.93. The highest BCUT2D eigenvalue weighted by Crippen LogP contribution is 2.63. The maximum Gasteiger partial charge on any atom is -0.00803 e. The van der Waals surface area contributed by atoms with Crippen LogP contribution in [-0.4, -0.2) is 0 Å². The van der Waals surface area contributed by atoms with Crippen molar-refractivity contribution >= 4 is 0 Å². The minimum absolute atomic E-state index is 0.349. The monoisotopic (exact) mass is 272 g/mol. The van der Waals surface area contributed by atoms with Gasteiger partial charge in [-0.25, -0.2) is 0 Å². The van der Waals surface area contributed by atoms with Crippen molar-refractivity contribution in [3.63, 3.8) is 0 Å². The first-order valence-corrected chi connectivity index (χ1v) is 8.65. The van der Waals surface area contributed by atoms with E-state index >= 15 is 0 Å². The molecule has 2 saturated carbocycles. The van der Waals surface area contributed by atoms with Crippen LogP contribution in [0.4, 0.5) is 0 Å². The number of rotatable bonds is 1. The summed E-state index contributed by atoms with van der Waals surface area (Å²) in [5.74, 6) is 1.74. The van der Waals surface area contributed by atoms with E-state index in [1.807, 2.05) is 5.57 Å². The Morgan fingerprint density at radius 1 is 1.15 bits per heavy atom. The van der Waals surface area contributed by atoms with Crippen molar-refractivity contribution in [3.8, 4) is 0 Å². The highest BCUT2D eigenvalue weighted by atomic mass is 14.6. The first kappa shape index (κ1) is 14.4. The van der Waals surface area contributed by atoms with Gasteiger partial charge in [0.05, 0.1) is 0 Å². The van der Waals surface area contributed by atoms with E-state index in [1.165, 1.54) is 44.9 Å². The minimum Gasteiger partial charge on any atom is -0.103 e. The summed E-state index contributed by atoms with van der Waals surface area (Å²) in [7, 11) is 0. The molecule has 0 heterocycles. The van der Waals surface area contributed by atoms with Crippen LogP contribution in [0, 0.1) is 28.1 Å². The number of fused-ring (bicyclic) bond motifs is 3. The van der Waals surface area contributed by atoms with Gasteiger partial charge >= 0.3 is 0 Å². The van der Waals surface area contributed by atoms with Crippen molar-refractivity contribution in [2.24, 2.45) is 28.1 Å². The average molecular weight is 272 g/mol. The van der Waals surface area contributed by atoms with Crippen molar-refractivity contribution in [1.82, 2.24) is 0 Å². The highest BCUT2D eigenvalue weighted by molar-refractivity contribution is 5.28. The third-order valence-electron chi connectivity index (χ3n) is 7.13. The van der Waals surface area contributed by atoms with Crippen LogP contribution in [0.15, 0.2) is 24.3 Å². The predicted octanol–water partition coefficient (Wildman–Crippen LogP) is 6.14. The molecular formula is C20H32. The van der Waals surface area contributed by atoms with Crippen LogP contribution >= 0.6 is 0 Å². The van der Waals surface area contributed by atoms with Crippen LogP contribution in [0.3, 0.4) is 0 Å². The van der Waals surface area contributed by atoms with Gasteiger partial charge in [-0.3, -0.25) is 0 Å². The van der Waals surface area contributed by atoms with Crippen LogP contribution in [-0.2, 0) is 0 Å². The minimum atomic E-state index is 0.349. The Morgan fingerprint density at radius 3 is 2.60 bits per heavy atom. The van der Waals surface area contributed by atoms with Crippen molar-refractivity contribution in [1.29, 1.82) is 0 Å². The molecule has 0 aliphatic heterocycles. The smallest absolute Gasteiger partial charge is 0.00803 e. The van der Waals surface area contributed by atoms with Crippen molar-refractivity contribution in [2.75, 3.05) is 0 Å². The summed E-state index contributed by atoms with van der Waals surface area (Å²) in [6.45, 7) is 14.1. The number of hydrogen-bond donors (Lipinski definition) is 0. The van der Waals surface area contributed by atoms with Crippen LogP contribution in [0.25, 0.3) is 0 Å². The molecule has 0 N–H and O–H groups in total. The number of allylic oxidation sites excluding steroid dienone is 3. The fraction of sp³-hybridized carbons (Fsp3) is 0.800. The lowest BCUT2D eigenvalue weighted by Gasteiger charge is -2.58. The average Bonchev–Trinajstić information content (AvgIpc) is 2.37. The van der Waals surface area contributed by atoms with E-state index in [4.69, 9.17) is 0 Å². The summed E-state index contributed by atoms with van der Waals surface area (Å²) in [5, 5.41) is 0. The molecule has 0 aromatic rings. The Morgan fingerprint density at radius 2 is 1.90 bits per heavy atom. The second-order valence-corrected chi connectivity index (χ2v) is 9.01. The van der Waals surface area contributed by atoms with Crippen molar-refractivity contribution in [3.05, 3.63) is 24.3 Å². The summed E-state index contributed by atoms with van der Waals surface area (Å²) in [6, 6.07) is 0. The van der Waals surface area contributed by atoms with Crippen LogP contribution in [0.2, 0.25) is 0 Å². The Labute approximate surface area is 125 Å². The molecule has 0 heteroatoms. The van der Waals surface area contributed by atoms with E-state index in [0.717, 1.165) is 11.8 Å². The van der Waals surface area contributed by atoms with Gasteiger partial charge in [0.15, 0.2) is 0 Å². The summed E-state index contributed by atoms with van der Waals surface area (Å²) in [6.07, 6.45) is 14.5. The molecule has 2 fully saturated rings. The van der Waals surface area contributed by atoms with Crippen LogP contribution in [0.5, 0.6) is 0 Å². The maximum atomic E-state index is 4.09. The largest absolute Gasteiger partial charge is 0.103 e. The third-order valence-corrected chi connectivity index (χ3v) is 7.13. The van der Waals surface area contributed by atoms with E-state index in [0.29, 0.717) is 16.2 Å². The van der Waals surface area contributed by atoms with Gasteiger partial charge in [0.25, 0.3) is 0 Å². The Bertz CT molecular complexity index is 441. The van der Waals surface area contributed by atoms with Gasteiger partial charge in [0, 0.05) is 0 Å². The molecule has 0 radical (unpaired) electrons. The van der Waals surface area contributed by atoms with Crippen LogP contribution < -0.4 is 0 Å². The molecule has 0 amide bonds. The van der Waals surface area contributed by atoms with E-state index < -0.39 is 0 Å². The highest BCUT2D eigenvalue weighted by Gasteiger charge is 2.53. The third kappa shape index (κ3) is 2.02. The quantitative estimate of drug-likeness (QED) is 0.503. The van der Waals surface area contributed by atoms with Crippen molar-refractivity contribution in [2.45, 2.75) is 72.6 Å². The standard InChI is InChI=1S/C20H32/c1-6-19(4)13-10-16-15(14-19)8-9-17-18(2,3)11-7-12-20(16,17)5/h6,10,15,17H,1,7-9,11-14H2,2-5H3. The van der Waals surface area contributed by atoms with E-state index in [2.05, 4.69) is 46.4 Å². The zero-order valence-corrected chi connectivity index (χ0v) is 14.0. The van der Waals surface area contributed by atoms with Gasteiger partial charge in [-0.15, -0.1) is 6.58 Å². The topological polar surface area (TPSA) is 0 Å². The zero-order valence-electron chi connectivity index (χ0n) is 14.0. The molecule has 0 spiro atoms. The second-order valence-electron chi connectivity index (χ2n) is 9.01. The molecule has 20 heavy (non-hydrogen) atoms. The summed E-state index contributed by atoms with van der Waals surface area (Å²) < 4.78 is 0. The van der Waals surface area contributed by atoms with Crippen molar-refractivity contribution < 1.29 is 0 Å². The first-order valence-electron chi connectivity index (χ1n) is 8.65. The summed E-state index contributed by atoms with van der Waals surface area (Å²) in [4.78, 5) is 0. The Balaban J connectivity index is 1.96. The molecule has 4 atom stereocenters. The van der Waals surface area contributed by atoms with Gasteiger partial charge in [-0.05, 0) is 66.6 Å². The lowest BCUT2D eigenvalue weighted by molar-refractivity contribution is -0.0153. The zero-order chi connectivity index (χ0) is 14.6. The Hall–Kier alpha value is -0.520. The predicted molar refractivity (Wildman–Crippen MR) is 87.6 cm³/mol. The fourth-order valence-corrected chi connectivity index (χ4v) is 5.93. The summed E-state index contributed by atoms with van der Waals surface area (Å²) >= 11 is 0. The van der Waals surface area contributed by atoms with E-state index in [1.54, 1.807) is 0 Å². The molecule has 0 aromatic heterocycles. The van der Waals surface area contributed by atoms with Crippen LogP contribution in [0.1, 0.15) is 72.6 Å². The van der Waals surface area contributed by atoms with Gasteiger partial charge in [0.2, 0.25) is 0 Å². The summed E-state index contributed by atoms with van der Waals surface area (Å²) in [5.41, 5.74) is 3.22. The molecule has 0 saturated heterocycles. The van der Waals surface area contributed by atoms with Gasteiger partial charge < -0.3 is 0 Å². The first-order chi connectivity index (χ1) is 9.31. The second kappa shape index (κ2) is 4.49. The molecular weight excluding hydrogens is 240 g/mol. The lowest BCUT2D eigenvalue weighted by Crippen LogP contribution is -2.49. The Kier molecular flexibility index (Phi) is 3.23. The normalized spacial score (nSPS) is 46.9. The van der Waals surface area contributed by atoms with Gasteiger partial charge in [-0.1, -0.05) is 51.8 Å². The molecule has 4 unspecified atom stereocenters. The number of hydrogen-bond acceptors (Lipinski definition) is 0. The molecule has 3 aliphatic rings. The molecule has 112 valence electrons. The molecule has 0 nitrogen and oxygen atoms in total. The van der Waals surface area contributed by atoms with Gasteiger partial charge in [-0.2, -0.15) is 0 Å². The van der Waals surface area contributed by atoms with E-state index in [-0.39, 0.29) is 0 Å². The van der Waals surface area contributed by atoms with Gasteiger partial charge in [0.1, 0.15) is 0 Å². The lowest BCUT2D eigenvalue weighted by atomic mass is 9.46. The molecule has 0 bridgehead atoms. The maximum absolute atomic E-state index is 4.09. The molecule has 0 aromatic carbocycles.